The Morgan fingerprint density at radius 3 is 2.00 bits per heavy atom. The molecule has 2 bridgehead atoms. The minimum Gasteiger partial charge on any atom is -0.0851 e. The maximum Gasteiger partial charge on any atom is 0.0564 e. The second-order valence-electron chi connectivity index (χ2n) is 5.31. The molecule has 0 aliphatic heterocycles. The van der Waals surface area contributed by atoms with Crippen LogP contribution < -0.4 is 0 Å². The van der Waals surface area contributed by atoms with Crippen LogP contribution in [0, 0.1) is 11.8 Å². The Balaban J connectivity index is 2.16. The van der Waals surface area contributed by atoms with Gasteiger partial charge in [0.15, 0.2) is 0 Å². The fourth-order valence-corrected chi connectivity index (χ4v) is 9.05. The van der Waals surface area contributed by atoms with Crippen LogP contribution in [0.4, 0.5) is 0 Å². The molecule has 2 aliphatic carbocycles. The van der Waals surface area contributed by atoms with Crippen molar-refractivity contribution in [3.8, 4) is 0 Å². The summed E-state index contributed by atoms with van der Waals surface area (Å²) in [6.07, 6.45) is 8.07. The van der Waals surface area contributed by atoms with Crippen LogP contribution in [-0.4, -0.2) is 8.07 Å². The van der Waals surface area contributed by atoms with Gasteiger partial charge in [-0.15, -0.1) is 0 Å². The van der Waals surface area contributed by atoms with Crippen LogP contribution in [0.5, 0.6) is 0 Å². The van der Waals surface area contributed by atoms with Gasteiger partial charge in [0.05, 0.1) is 8.07 Å². The predicted octanol–water partition coefficient (Wildman–Crippen LogP) is 4.46. The van der Waals surface area contributed by atoms with Gasteiger partial charge in [-0.25, -0.2) is 0 Å². The molecular weight excluding hydrogens is 184 g/mol. The molecule has 3 unspecified atom stereocenters. The lowest BCUT2D eigenvalue weighted by molar-refractivity contribution is 0.660. The van der Waals surface area contributed by atoms with Crippen molar-refractivity contribution in [1.29, 1.82) is 0 Å². The molecule has 2 aliphatic rings. The summed E-state index contributed by atoms with van der Waals surface area (Å²) in [6.45, 7) is 7.36. The summed E-state index contributed by atoms with van der Waals surface area (Å²) < 4.78 is 0. The van der Waals surface area contributed by atoms with Crippen molar-refractivity contribution in [3.05, 3.63) is 12.2 Å². The van der Waals surface area contributed by atoms with Gasteiger partial charge in [-0.2, -0.15) is 0 Å². The molecule has 0 aromatic rings. The molecule has 0 radical (unpaired) electrons. The standard InChI is InChI=1S/C13H24Si/c1-4-14(5-2,6-3)13-10-11-7-8-12(13)9-11/h7-8,11-13H,4-6,9-10H2,1-3H3. The summed E-state index contributed by atoms with van der Waals surface area (Å²) in [5.74, 6) is 1.97. The molecular formula is C13H24Si. The summed E-state index contributed by atoms with van der Waals surface area (Å²) in [5.41, 5.74) is 1.14. The molecule has 0 amide bonds. The van der Waals surface area contributed by atoms with Crippen molar-refractivity contribution >= 4 is 8.07 Å². The van der Waals surface area contributed by atoms with Crippen LogP contribution in [-0.2, 0) is 0 Å². The van der Waals surface area contributed by atoms with Crippen molar-refractivity contribution in [2.45, 2.75) is 57.3 Å². The summed E-state index contributed by atoms with van der Waals surface area (Å²) in [4.78, 5) is 0. The molecule has 14 heavy (non-hydrogen) atoms. The first-order chi connectivity index (χ1) is 6.75. The Hall–Kier alpha value is -0.0431. The van der Waals surface area contributed by atoms with Crippen LogP contribution in [0.3, 0.4) is 0 Å². The zero-order chi connectivity index (χ0) is 10.2. The lowest BCUT2D eigenvalue weighted by Gasteiger charge is -2.38. The van der Waals surface area contributed by atoms with Gasteiger partial charge in [-0.05, 0) is 30.2 Å². The van der Waals surface area contributed by atoms with Gasteiger partial charge in [-0.3, -0.25) is 0 Å². The van der Waals surface area contributed by atoms with E-state index >= 15 is 0 Å². The number of rotatable bonds is 4. The lowest BCUT2D eigenvalue weighted by Crippen LogP contribution is -2.39. The van der Waals surface area contributed by atoms with Gasteiger partial charge in [0.1, 0.15) is 0 Å². The Kier molecular flexibility index (Phi) is 2.87. The first-order valence-electron chi connectivity index (χ1n) is 6.44. The van der Waals surface area contributed by atoms with Crippen LogP contribution in [0.2, 0.25) is 23.7 Å². The van der Waals surface area contributed by atoms with Gasteiger partial charge in [0.2, 0.25) is 0 Å². The van der Waals surface area contributed by atoms with E-state index in [4.69, 9.17) is 0 Å². The van der Waals surface area contributed by atoms with E-state index in [0.29, 0.717) is 0 Å². The van der Waals surface area contributed by atoms with Crippen LogP contribution in [0.15, 0.2) is 12.2 Å². The minimum absolute atomic E-state index is 0.889. The van der Waals surface area contributed by atoms with Crippen molar-refractivity contribution in [2.24, 2.45) is 11.8 Å². The highest BCUT2D eigenvalue weighted by atomic mass is 28.3. The molecule has 0 saturated heterocycles. The summed E-state index contributed by atoms with van der Waals surface area (Å²) in [6, 6.07) is 4.55. The molecule has 2 rings (SSSR count). The Morgan fingerprint density at radius 1 is 1.00 bits per heavy atom. The van der Waals surface area contributed by atoms with E-state index < -0.39 is 8.07 Å². The third-order valence-electron chi connectivity index (χ3n) is 5.18. The minimum atomic E-state index is -0.889. The smallest absolute Gasteiger partial charge is 0.0564 e. The molecule has 80 valence electrons. The average molecular weight is 208 g/mol. The highest BCUT2D eigenvalue weighted by Crippen LogP contribution is 2.54. The molecule has 0 aromatic heterocycles. The van der Waals surface area contributed by atoms with E-state index in [-0.39, 0.29) is 0 Å². The normalized spacial score (nSPS) is 35.5. The van der Waals surface area contributed by atoms with E-state index in [0.717, 1.165) is 17.4 Å². The second-order valence-corrected chi connectivity index (χ2v) is 10.9. The van der Waals surface area contributed by atoms with E-state index in [9.17, 15) is 0 Å². The Labute approximate surface area is 89.8 Å². The maximum absolute atomic E-state index is 2.54. The number of hydrogen-bond acceptors (Lipinski definition) is 0. The third kappa shape index (κ3) is 1.41. The zero-order valence-corrected chi connectivity index (χ0v) is 10.9. The molecule has 0 aromatic carbocycles. The predicted molar refractivity (Wildman–Crippen MR) is 66.3 cm³/mol. The van der Waals surface area contributed by atoms with Crippen LogP contribution in [0.1, 0.15) is 33.6 Å². The Bertz CT molecular complexity index is 219. The quantitative estimate of drug-likeness (QED) is 0.472. The van der Waals surface area contributed by atoms with Crippen molar-refractivity contribution < 1.29 is 0 Å². The van der Waals surface area contributed by atoms with Gasteiger partial charge in [0, 0.05) is 0 Å². The lowest BCUT2D eigenvalue weighted by atomic mass is 10.1. The highest BCUT2D eigenvalue weighted by molar-refractivity contribution is 6.81. The molecule has 1 saturated carbocycles. The third-order valence-corrected chi connectivity index (χ3v) is 11.6. The molecule has 1 heteroatoms. The molecule has 1 fully saturated rings. The van der Waals surface area contributed by atoms with Gasteiger partial charge < -0.3 is 0 Å². The number of fused-ring (bicyclic) bond motifs is 2. The largest absolute Gasteiger partial charge is 0.0851 e. The fraction of sp³-hybridized carbons (Fsp3) is 0.846. The van der Waals surface area contributed by atoms with E-state index in [1.54, 1.807) is 6.42 Å². The zero-order valence-electron chi connectivity index (χ0n) is 9.92. The topological polar surface area (TPSA) is 0 Å². The molecule has 0 spiro atoms. The summed E-state index contributed by atoms with van der Waals surface area (Å²) in [5, 5.41) is 0. The van der Waals surface area contributed by atoms with E-state index in [1.807, 2.05) is 0 Å². The monoisotopic (exact) mass is 208 g/mol. The molecule has 3 atom stereocenters. The maximum atomic E-state index is 2.54. The summed E-state index contributed by atoms with van der Waals surface area (Å²) >= 11 is 0. The number of hydrogen-bond donors (Lipinski definition) is 0. The van der Waals surface area contributed by atoms with Gasteiger partial charge >= 0.3 is 0 Å². The molecule has 0 N–H and O–H groups in total. The van der Waals surface area contributed by atoms with E-state index in [2.05, 4.69) is 32.9 Å². The first-order valence-corrected chi connectivity index (χ1v) is 9.14. The second kappa shape index (κ2) is 3.84. The van der Waals surface area contributed by atoms with Crippen LogP contribution in [0.25, 0.3) is 0 Å². The number of allylic oxidation sites excluding steroid dienone is 2. The first kappa shape index (κ1) is 10.5. The Morgan fingerprint density at radius 2 is 1.64 bits per heavy atom. The van der Waals surface area contributed by atoms with Crippen LogP contribution >= 0.6 is 0 Å². The average Bonchev–Trinajstić information content (AvgIpc) is 2.83. The highest BCUT2D eigenvalue weighted by Gasteiger charge is 2.46. The molecule has 0 heterocycles. The van der Waals surface area contributed by atoms with Crippen molar-refractivity contribution in [3.63, 3.8) is 0 Å². The summed E-state index contributed by atoms with van der Waals surface area (Å²) in [7, 11) is -0.889. The van der Waals surface area contributed by atoms with Gasteiger partial charge in [0.25, 0.3) is 0 Å². The molecule has 0 nitrogen and oxygen atoms in total. The fourth-order valence-electron chi connectivity index (χ4n) is 4.02. The van der Waals surface area contributed by atoms with Crippen molar-refractivity contribution in [2.75, 3.05) is 0 Å². The van der Waals surface area contributed by atoms with Crippen molar-refractivity contribution in [1.82, 2.24) is 0 Å². The SMILES string of the molecule is CC[Si](CC)(CC)C1CC2C=CC1C2. The van der Waals surface area contributed by atoms with E-state index in [1.165, 1.54) is 24.6 Å². The van der Waals surface area contributed by atoms with Gasteiger partial charge in [-0.1, -0.05) is 51.1 Å².